The molecule has 0 aliphatic heterocycles. The lowest BCUT2D eigenvalue weighted by Gasteiger charge is -2.11. The van der Waals surface area contributed by atoms with Gasteiger partial charge in [0.2, 0.25) is 0 Å². The van der Waals surface area contributed by atoms with Gasteiger partial charge in [-0.3, -0.25) is 0 Å². The molecule has 0 radical (unpaired) electrons. The molecule has 0 bridgehead atoms. The monoisotopic (exact) mass is 338 g/mol. The fourth-order valence-corrected chi connectivity index (χ4v) is 1.51. The van der Waals surface area contributed by atoms with Crippen molar-refractivity contribution in [2.24, 2.45) is 0 Å². The summed E-state index contributed by atoms with van der Waals surface area (Å²) in [6.07, 6.45) is -7.52. The zero-order valence-corrected chi connectivity index (χ0v) is 9.14. The highest BCUT2D eigenvalue weighted by Crippen LogP contribution is 2.30. The fourth-order valence-electron chi connectivity index (χ4n) is 0.860. The first-order chi connectivity index (χ1) is 6.79. The standard InChI is InChI=1S/C8H4F5IO/c9-7(10)4-1-2-6(5(14)3-4)15-8(11,12)13/h1-3,7H. The maximum absolute atomic E-state index is 12.2. The number of hydrogen-bond acceptors (Lipinski definition) is 1. The van der Waals surface area contributed by atoms with E-state index in [1.165, 1.54) is 22.6 Å². The van der Waals surface area contributed by atoms with Gasteiger partial charge in [0.15, 0.2) is 0 Å². The Morgan fingerprint density at radius 3 is 2.20 bits per heavy atom. The molecule has 0 saturated carbocycles. The molecule has 0 spiro atoms. The van der Waals surface area contributed by atoms with Gasteiger partial charge in [-0.15, -0.1) is 13.2 Å². The Morgan fingerprint density at radius 1 is 1.20 bits per heavy atom. The molecule has 0 N–H and O–H groups in total. The average Bonchev–Trinajstić information content (AvgIpc) is 2.05. The highest BCUT2D eigenvalue weighted by molar-refractivity contribution is 14.1. The fraction of sp³-hybridized carbons (Fsp3) is 0.250. The zero-order valence-electron chi connectivity index (χ0n) is 6.99. The molecule has 1 aromatic rings. The van der Waals surface area contributed by atoms with Gasteiger partial charge in [0.25, 0.3) is 6.43 Å². The molecule has 0 fully saturated rings. The van der Waals surface area contributed by atoms with Gasteiger partial charge in [-0.1, -0.05) is 0 Å². The first-order valence-corrected chi connectivity index (χ1v) is 4.71. The average molecular weight is 338 g/mol. The minimum Gasteiger partial charge on any atom is -0.405 e. The van der Waals surface area contributed by atoms with Crippen molar-refractivity contribution in [1.82, 2.24) is 0 Å². The van der Waals surface area contributed by atoms with Crippen molar-refractivity contribution in [3.05, 3.63) is 27.3 Å². The molecule has 0 saturated heterocycles. The van der Waals surface area contributed by atoms with Crippen LogP contribution in [-0.2, 0) is 0 Å². The van der Waals surface area contributed by atoms with Crippen molar-refractivity contribution in [1.29, 1.82) is 0 Å². The molecule has 0 atom stereocenters. The SMILES string of the molecule is FC(F)c1ccc(OC(F)(F)F)c(I)c1. The van der Waals surface area contributed by atoms with Crippen LogP contribution in [0.15, 0.2) is 18.2 Å². The van der Waals surface area contributed by atoms with Gasteiger partial charge in [-0.25, -0.2) is 8.78 Å². The molecule has 0 aliphatic rings. The molecule has 0 heterocycles. The third-order valence-corrected chi connectivity index (χ3v) is 2.28. The number of halogens is 6. The normalized spacial score (nSPS) is 11.9. The lowest BCUT2D eigenvalue weighted by molar-refractivity contribution is -0.274. The summed E-state index contributed by atoms with van der Waals surface area (Å²) in [5, 5.41) is 0. The summed E-state index contributed by atoms with van der Waals surface area (Å²) < 4.78 is 63.3. The second-order valence-electron chi connectivity index (χ2n) is 2.54. The van der Waals surface area contributed by atoms with E-state index in [1.807, 2.05) is 0 Å². The van der Waals surface area contributed by atoms with Gasteiger partial charge in [0.1, 0.15) is 5.75 Å². The molecule has 15 heavy (non-hydrogen) atoms. The molecule has 7 heteroatoms. The van der Waals surface area contributed by atoms with E-state index >= 15 is 0 Å². The van der Waals surface area contributed by atoms with Crippen LogP contribution < -0.4 is 4.74 Å². The third kappa shape index (κ3) is 3.80. The van der Waals surface area contributed by atoms with Crippen LogP contribution in [0.1, 0.15) is 12.0 Å². The Bertz CT molecular complexity index is 349. The molecular weight excluding hydrogens is 334 g/mol. The number of benzene rings is 1. The Hall–Kier alpha value is -0.600. The topological polar surface area (TPSA) is 9.23 Å². The molecule has 1 aromatic carbocycles. The highest BCUT2D eigenvalue weighted by Gasteiger charge is 2.32. The number of ether oxygens (including phenoxy) is 1. The van der Waals surface area contributed by atoms with Crippen LogP contribution in [0.5, 0.6) is 5.75 Å². The molecule has 0 aromatic heterocycles. The van der Waals surface area contributed by atoms with Crippen molar-refractivity contribution in [2.45, 2.75) is 12.8 Å². The second-order valence-corrected chi connectivity index (χ2v) is 3.70. The Morgan fingerprint density at radius 2 is 1.80 bits per heavy atom. The zero-order chi connectivity index (χ0) is 11.6. The first-order valence-electron chi connectivity index (χ1n) is 3.63. The van der Waals surface area contributed by atoms with Crippen molar-refractivity contribution in [2.75, 3.05) is 0 Å². The largest absolute Gasteiger partial charge is 0.573 e. The van der Waals surface area contributed by atoms with E-state index in [0.717, 1.165) is 18.2 Å². The van der Waals surface area contributed by atoms with Crippen LogP contribution in [0.25, 0.3) is 0 Å². The molecule has 0 amide bonds. The first kappa shape index (κ1) is 12.5. The van der Waals surface area contributed by atoms with Crippen LogP contribution in [0, 0.1) is 3.57 Å². The van der Waals surface area contributed by atoms with Gasteiger partial charge in [0, 0.05) is 5.56 Å². The van der Waals surface area contributed by atoms with Crippen molar-refractivity contribution in [3.63, 3.8) is 0 Å². The second kappa shape index (κ2) is 4.50. The lowest BCUT2D eigenvalue weighted by atomic mass is 10.2. The Balaban J connectivity index is 2.94. The van der Waals surface area contributed by atoms with Gasteiger partial charge in [0.05, 0.1) is 3.57 Å². The summed E-state index contributed by atoms with van der Waals surface area (Å²) in [6, 6.07) is 2.72. The summed E-state index contributed by atoms with van der Waals surface area (Å²) in [5.41, 5.74) is -0.339. The Kier molecular flexibility index (Phi) is 3.74. The molecule has 84 valence electrons. The highest BCUT2D eigenvalue weighted by atomic mass is 127. The van der Waals surface area contributed by atoms with Crippen molar-refractivity contribution < 1.29 is 26.7 Å². The quantitative estimate of drug-likeness (QED) is 0.582. The molecule has 1 nitrogen and oxygen atoms in total. The van der Waals surface area contributed by atoms with Crippen LogP contribution in [0.2, 0.25) is 0 Å². The number of alkyl halides is 5. The summed E-state index contributed by atoms with van der Waals surface area (Å²) >= 11 is 1.50. The van der Waals surface area contributed by atoms with E-state index in [2.05, 4.69) is 4.74 Å². The number of hydrogen-bond donors (Lipinski definition) is 0. The lowest BCUT2D eigenvalue weighted by Crippen LogP contribution is -2.17. The smallest absolute Gasteiger partial charge is 0.405 e. The summed E-state index contributed by atoms with van der Waals surface area (Å²) in [6.45, 7) is 0. The maximum atomic E-state index is 12.2. The van der Waals surface area contributed by atoms with Crippen LogP contribution >= 0.6 is 22.6 Å². The molecule has 0 aliphatic carbocycles. The summed E-state index contributed by atoms with van der Waals surface area (Å²) in [5.74, 6) is -0.479. The van der Waals surface area contributed by atoms with E-state index < -0.39 is 18.5 Å². The van der Waals surface area contributed by atoms with Gasteiger partial charge in [-0.2, -0.15) is 0 Å². The van der Waals surface area contributed by atoms with E-state index in [4.69, 9.17) is 0 Å². The summed E-state index contributed by atoms with van der Waals surface area (Å²) in [7, 11) is 0. The van der Waals surface area contributed by atoms with Crippen molar-refractivity contribution >= 4 is 22.6 Å². The van der Waals surface area contributed by atoms with E-state index in [9.17, 15) is 22.0 Å². The summed E-state index contributed by atoms with van der Waals surface area (Å²) in [4.78, 5) is 0. The minimum absolute atomic E-state index is 0.0114. The predicted octanol–water partition coefficient (Wildman–Crippen LogP) is 4.13. The van der Waals surface area contributed by atoms with Crippen LogP contribution in [0.3, 0.4) is 0 Å². The van der Waals surface area contributed by atoms with E-state index in [0.29, 0.717) is 0 Å². The maximum Gasteiger partial charge on any atom is 0.573 e. The van der Waals surface area contributed by atoms with Gasteiger partial charge < -0.3 is 4.74 Å². The number of rotatable bonds is 2. The Labute approximate surface area is 95.4 Å². The van der Waals surface area contributed by atoms with Gasteiger partial charge >= 0.3 is 6.36 Å². The van der Waals surface area contributed by atoms with E-state index in [1.54, 1.807) is 0 Å². The van der Waals surface area contributed by atoms with Gasteiger partial charge in [-0.05, 0) is 40.8 Å². The molecule has 0 unspecified atom stereocenters. The predicted molar refractivity (Wildman–Crippen MR) is 50.8 cm³/mol. The van der Waals surface area contributed by atoms with Crippen LogP contribution in [0.4, 0.5) is 22.0 Å². The van der Waals surface area contributed by atoms with E-state index in [-0.39, 0.29) is 9.13 Å². The van der Waals surface area contributed by atoms with Crippen molar-refractivity contribution in [3.8, 4) is 5.75 Å². The molecule has 1 rings (SSSR count). The molecular formula is C8H4F5IO. The minimum atomic E-state index is -4.81. The third-order valence-electron chi connectivity index (χ3n) is 1.43. The van der Waals surface area contributed by atoms with Crippen LogP contribution in [-0.4, -0.2) is 6.36 Å².